The monoisotopic (exact) mass is 288 g/mol. The van der Waals surface area contributed by atoms with Crippen LogP contribution in [0, 0.1) is 5.82 Å². The molecule has 0 spiro atoms. The molecule has 106 valence electrons. The Morgan fingerprint density at radius 1 is 1.58 bits per heavy atom. The van der Waals surface area contributed by atoms with Gasteiger partial charge in [0.1, 0.15) is 0 Å². The lowest BCUT2D eigenvalue weighted by atomic mass is 10.0. The Bertz CT molecular complexity index is 435. The van der Waals surface area contributed by atoms with Gasteiger partial charge in [-0.1, -0.05) is 11.6 Å². The number of β-amino-alcohol motifs (C(OH)–C–C–N with tert-alkyl or cyclic N) is 1. The minimum absolute atomic E-state index is 0.0612. The Morgan fingerprint density at radius 3 is 2.89 bits per heavy atom. The summed E-state index contributed by atoms with van der Waals surface area (Å²) in [5.74, 6) is -0.412. The molecule has 2 atom stereocenters. The van der Waals surface area contributed by atoms with Gasteiger partial charge in [0.15, 0.2) is 11.6 Å². The van der Waals surface area contributed by atoms with Gasteiger partial charge in [-0.3, -0.25) is 4.90 Å². The highest BCUT2D eigenvalue weighted by molar-refractivity contribution is 6.32. The smallest absolute Gasteiger partial charge is 0.173 e. The van der Waals surface area contributed by atoms with Crippen LogP contribution in [0.15, 0.2) is 12.1 Å². The molecule has 1 saturated heterocycles. The molecule has 1 heterocycles. The summed E-state index contributed by atoms with van der Waals surface area (Å²) in [6, 6.07) is 2.92. The van der Waals surface area contributed by atoms with Gasteiger partial charge in [-0.2, -0.15) is 0 Å². The van der Waals surface area contributed by atoms with Crippen molar-refractivity contribution in [2.75, 3.05) is 20.2 Å². The maximum absolute atomic E-state index is 13.7. The van der Waals surface area contributed by atoms with Crippen LogP contribution >= 0.6 is 11.6 Å². The molecule has 1 aliphatic heterocycles. The lowest BCUT2D eigenvalue weighted by Crippen LogP contribution is -2.50. The van der Waals surface area contributed by atoms with E-state index in [1.54, 1.807) is 6.07 Å². The highest BCUT2D eigenvalue weighted by Crippen LogP contribution is 2.29. The van der Waals surface area contributed by atoms with Crippen molar-refractivity contribution >= 4 is 11.6 Å². The van der Waals surface area contributed by atoms with Gasteiger partial charge in [0, 0.05) is 25.7 Å². The van der Waals surface area contributed by atoms with Crippen LogP contribution in [0.4, 0.5) is 4.39 Å². The number of piperidine rings is 1. The molecule has 0 bridgehead atoms. The lowest BCUT2D eigenvalue weighted by Gasteiger charge is -2.34. The molecular formula is C13H18ClFN2O2. The zero-order valence-corrected chi connectivity index (χ0v) is 11.5. The Labute approximate surface area is 116 Å². The highest BCUT2D eigenvalue weighted by Gasteiger charge is 2.25. The number of nitrogens with two attached hydrogens (primary N) is 1. The summed E-state index contributed by atoms with van der Waals surface area (Å²) >= 11 is 5.95. The van der Waals surface area contributed by atoms with E-state index in [0.717, 1.165) is 18.5 Å². The quantitative estimate of drug-likeness (QED) is 0.882. The summed E-state index contributed by atoms with van der Waals surface area (Å²) in [6.45, 7) is 1.81. The van der Waals surface area contributed by atoms with Crippen LogP contribution in [0.1, 0.15) is 12.0 Å². The third-order valence-electron chi connectivity index (χ3n) is 3.39. The standard InChI is InChI=1S/C13H18ClFN2O2/c1-19-13-9(14)4-8(5-10(13)15)6-17-3-2-11(16)12(18)7-17/h4-5,11-12,18H,2-3,6-7,16H2,1H3/t11-,12-/m1/s1. The average Bonchev–Trinajstić information content (AvgIpc) is 2.33. The van der Waals surface area contributed by atoms with Gasteiger partial charge in [-0.15, -0.1) is 0 Å². The number of aliphatic hydroxyl groups is 1. The van der Waals surface area contributed by atoms with Crippen molar-refractivity contribution in [1.82, 2.24) is 4.90 Å². The van der Waals surface area contributed by atoms with Crippen molar-refractivity contribution in [2.24, 2.45) is 5.73 Å². The predicted molar refractivity (Wildman–Crippen MR) is 71.8 cm³/mol. The fourth-order valence-corrected chi connectivity index (χ4v) is 2.62. The van der Waals surface area contributed by atoms with E-state index in [1.165, 1.54) is 13.2 Å². The van der Waals surface area contributed by atoms with E-state index in [-0.39, 0.29) is 16.8 Å². The van der Waals surface area contributed by atoms with E-state index >= 15 is 0 Å². The van der Waals surface area contributed by atoms with Gasteiger partial charge in [0.2, 0.25) is 0 Å². The molecule has 1 fully saturated rings. The summed E-state index contributed by atoms with van der Waals surface area (Å²) in [6.07, 6.45) is 0.195. The highest BCUT2D eigenvalue weighted by atomic mass is 35.5. The number of likely N-dealkylation sites (tertiary alicyclic amines) is 1. The molecular weight excluding hydrogens is 271 g/mol. The molecule has 2 rings (SSSR count). The molecule has 1 aromatic rings. The van der Waals surface area contributed by atoms with Gasteiger partial charge < -0.3 is 15.6 Å². The molecule has 1 aromatic carbocycles. The van der Waals surface area contributed by atoms with Gasteiger partial charge in [-0.25, -0.2) is 4.39 Å². The minimum atomic E-state index is -0.535. The SMILES string of the molecule is COc1c(F)cc(CN2CC[C@@H](N)[C@H](O)C2)cc1Cl. The zero-order chi connectivity index (χ0) is 14.0. The summed E-state index contributed by atoms with van der Waals surface area (Å²) in [4.78, 5) is 2.03. The molecule has 0 saturated carbocycles. The molecule has 6 heteroatoms. The number of benzene rings is 1. The summed E-state index contributed by atoms with van der Waals surface area (Å²) in [5.41, 5.74) is 6.50. The fraction of sp³-hybridized carbons (Fsp3) is 0.538. The predicted octanol–water partition coefficient (Wildman–Crippen LogP) is 1.38. The lowest BCUT2D eigenvalue weighted by molar-refractivity contribution is 0.0499. The van der Waals surface area contributed by atoms with Crippen LogP contribution in [0.5, 0.6) is 5.75 Å². The van der Waals surface area contributed by atoms with Crippen LogP contribution in [-0.2, 0) is 6.54 Å². The van der Waals surface area contributed by atoms with E-state index < -0.39 is 11.9 Å². The van der Waals surface area contributed by atoms with Crippen molar-refractivity contribution < 1.29 is 14.2 Å². The number of ether oxygens (including phenoxy) is 1. The molecule has 3 N–H and O–H groups in total. The Morgan fingerprint density at radius 2 is 2.32 bits per heavy atom. The van der Waals surface area contributed by atoms with Gasteiger partial charge in [-0.05, 0) is 24.1 Å². The van der Waals surface area contributed by atoms with Crippen LogP contribution in [-0.4, -0.2) is 42.4 Å². The number of nitrogens with zero attached hydrogens (tertiary/aromatic N) is 1. The molecule has 0 aromatic heterocycles. The van der Waals surface area contributed by atoms with Gasteiger partial charge in [0.05, 0.1) is 18.2 Å². The van der Waals surface area contributed by atoms with Crippen LogP contribution in [0.3, 0.4) is 0 Å². The second-order valence-electron chi connectivity index (χ2n) is 4.85. The zero-order valence-electron chi connectivity index (χ0n) is 10.8. The van der Waals surface area contributed by atoms with Gasteiger partial charge in [0.25, 0.3) is 0 Å². The molecule has 0 aliphatic carbocycles. The minimum Gasteiger partial charge on any atom is -0.492 e. The first-order valence-electron chi connectivity index (χ1n) is 6.19. The van der Waals surface area contributed by atoms with E-state index in [9.17, 15) is 9.50 Å². The summed E-state index contributed by atoms with van der Waals surface area (Å²) in [7, 11) is 1.38. The third-order valence-corrected chi connectivity index (χ3v) is 3.67. The van der Waals surface area contributed by atoms with E-state index in [4.69, 9.17) is 22.1 Å². The Hall–Kier alpha value is -0.880. The number of hydrogen-bond donors (Lipinski definition) is 2. The normalized spacial score (nSPS) is 24.5. The third kappa shape index (κ3) is 3.36. The largest absolute Gasteiger partial charge is 0.492 e. The number of aliphatic hydroxyl groups excluding tert-OH is 1. The van der Waals surface area contributed by atoms with Crippen molar-refractivity contribution in [3.8, 4) is 5.75 Å². The molecule has 1 aliphatic rings. The fourth-order valence-electron chi connectivity index (χ4n) is 2.32. The number of halogens is 2. The molecule has 19 heavy (non-hydrogen) atoms. The second-order valence-corrected chi connectivity index (χ2v) is 5.25. The molecule has 0 unspecified atom stereocenters. The number of methoxy groups -OCH3 is 1. The van der Waals surface area contributed by atoms with Crippen molar-refractivity contribution in [3.63, 3.8) is 0 Å². The summed E-state index contributed by atoms with van der Waals surface area (Å²) in [5, 5.41) is 9.99. The van der Waals surface area contributed by atoms with E-state index in [2.05, 4.69) is 0 Å². The van der Waals surface area contributed by atoms with Crippen LogP contribution in [0.2, 0.25) is 5.02 Å². The van der Waals surface area contributed by atoms with Crippen LogP contribution in [0.25, 0.3) is 0 Å². The maximum atomic E-state index is 13.7. The maximum Gasteiger partial charge on any atom is 0.173 e. The first-order valence-corrected chi connectivity index (χ1v) is 6.57. The van der Waals surface area contributed by atoms with Crippen molar-refractivity contribution in [3.05, 3.63) is 28.5 Å². The number of hydrogen-bond acceptors (Lipinski definition) is 4. The Balaban J connectivity index is 2.07. The topological polar surface area (TPSA) is 58.7 Å². The first kappa shape index (κ1) is 14.5. The number of rotatable bonds is 3. The second kappa shape index (κ2) is 6.05. The molecule has 0 amide bonds. The average molecular weight is 289 g/mol. The Kier molecular flexibility index (Phi) is 4.62. The summed E-state index contributed by atoms with van der Waals surface area (Å²) < 4.78 is 18.6. The van der Waals surface area contributed by atoms with Crippen LogP contribution < -0.4 is 10.5 Å². The van der Waals surface area contributed by atoms with Gasteiger partial charge >= 0.3 is 0 Å². The van der Waals surface area contributed by atoms with Crippen molar-refractivity contribution in [2.45, 2.75) is 25.1 Å². The van der Waals surface area contributed by atoms with E-state index in [0.29, 0.717) is 13.1 Å². The first-order chi connectivity index (χ1) is 9.01. The van der Waals surface area contributed by atoms with E-state index in [1.807, 2.05) is 4.90 Å². The van der Waals surface area contributed by atoms with Crippen molar-refractivity contribution in [1.29, 1.82) is 0 Å². The molecule has 0 radical (unpaired) electrons. The molecule has 4 nitrogen and oxygen atoms in total.